The number of aromatic nitrogens is 1. The maximum atomic E-state index is 13.3. The summed E-state index contributed by atoms with van der Waals surface area (Å²) in [5, 5.41) is 2.77. The number of hydrogen-bond donors (Lipinski definition) is 1. The number of Topliss-reactive ketones (excluding diaryl/α,β-unsaturated/α-hetero) is 1. The van der Waals surface area contributed by atoms with Crippen LogP contribution in [-0.4, -0.2) is 53.5 Å². The van der Waals surface area contributed by atoms with Crippen LogP contribution in [-0.2, 0) is 17.8 Å². The molecule has 188 valence electrons. The number of benzene rings is 2. The lowest BCUT2D eigenvalue weighted by atomic mass is 9.92. The van der Waals surface area contributed by atoms with Crippen LogP contribution in [0.2, 0.25) is 0 Å². The molecule has 0 aliphatic carbocycles. The second-order valence-corrected chi connectivity index (χ2v) is 9.30. The van der Waals surface area contributed by atoms with Crippen molar-refractivity contribution in [2.24, 2.45) is 0 Å². The van der Waals surface area contributed by atoms with Gasteiger partial charge in [0, 0.05) is 29.9 Å². The number of aryl methyl sites for hydroxylation is 1. The van der Waals surface area contributed by atoms with Gasteiger partial charge < -0.3 is 19.4 Å². The summed E-state index contributed by atoms with van der Waals surface area (Å²) in [7, 11) is 3.09. The van der Waals surface area contributed by atoms with Crippen molar-refractivity contribution in [1.29, 1.82) is 0 Å². The molecule has 8 nitrogen and oxygen atoms in total. The van der Waals surface area contributed by atoms with Crippen molar-refractivity contribution in [2.45, 2.75) is 39.3 Å². The van der Waals surface area contributed by atoms with Gasteiger partial charge in [-0.3, -0.25) is 14.5 Å². The molecule has 1 N–H and O–H groups in total. The molecule has 2 heterocycles. The van der Waals surface area contributed by atoms with Gasteiger partial charge in [-0.15, -0.1) is 0 Å². The highest BCUT2D eigenvalue weighted by atomic mass is 16.5. The first-order chi connectivity index (χ1) is 17.2. The second-order valence-electron chi connectivity index (χ2n) is 9.30. The van der Waals surface area contributed by atoms with Gasteiger partial charge in [0.2, 0.25) is 0 Å². The number of carbonyl (C=O) groups excluding carboxylic acids is 3. The molecular formula is C28H31N3O5. The van der Waals surface area contributed by atoms with Crippen LogP contribution in [0.5, 0.6) is 11.5 Å². The maximum Gasteiger partial charge on any atom is 0.325 e. The van der Waals surface area contributed by atoms with E-state index in [-0.39, 0.29) is 18.7 Å². The van der Waals surface area contributed by atoms with Crippen LogP contribution in [0.1, 0.15) is 39.8 Å². The summed E-state index contributed by atoms with van der Waals surface area (Å²) in [4.78, 5) is 40.3. The molecule has 0 radical (unpaired) electrons. The Morgan fingerprint density at radius 1 is 0.944 bits per heavy atom. The van der Waals surface area contributed by atoms with Gasteiger partial charge in [0.15, 0.2) is 17.3 Å². The van der Waals surface area contributed by atoms with E-state index in [2.05, 4.69) is 9.88 Å². The third-order valence-electron chi connectivity index (χ3n) is 6.71. The first-order valence-electron chi connectivity index (χ1n) is 11.8. The molecule has 8 heteroatoms. The monoisotopic (exact) mass is 489 g/mol. The zero-order valence-corrected chi connectivity index (χ0v) is 21.3. The largest absolute Gasteiger partial charge is 0.493 e. The number of imide groups is 1. The molecule has 1 unspecified atom stereocenters. The van der Waals surface area contributed by atoms with Crippen molar-refractivity contribution in [3.63, 3.8) is 0 Å². The van der Waals surface area contributed by atoms with Gasteiger partial charge in [0.05, 0.1) is 20.8 Å². The molecule has 3 aromatic rings. The first kappa shape index (κ1) is 25.0. The predicted octanol–water partition coefficient (Wildman–Crippen LogP) is 3.91. The Balaban J connectivity index is 1.50. The minimum Gasteiger partial charge on any atom is -0.493 e. The predicted molar refractivity (Wildman–Crippen MR) is 136 cm³/mol. The number of nitrogens with zero attached hydrogens (tertiary/aromatic N) is 2. The highest BCUT2D eigenvalue weighted by molar-refractivity contribution is 6.11. The van der Waals surface area contributed by atoms with E-state index >= 15 is 0 Å². The van der Waals surface area contributed by atoms with Crippen molar-refractivity contribution in [3.05, 3.63) is 82.7 Å². The zero-order chi connectivity index (χ0) is 26.0. The Labute approximate surface area is 210 Å². The molecular weight excluding hydrogens is 458 g/mol. The number of amides is 3. The smallest absolute Gasteiger partial charge is 0.325 e. The number of rotatable bonds is 9. The molecule has 4 rings (SSSR count). The van der Waals surface area contributed by atoms with E-state index in [4.69, 9.17) is 9.47 Å². The van der Waals surface area contributed by atoms with Crippen LogP contribution in [0.3, 0.4) is 0 Å². The fraction of sp³-hybridized carbons (Fsp3) is 0.321. The topological polar surface area (TPSA) is 89.9 Å². The highest BCUT2D eigenvalue weighted by Gasteiger charge is 2.48. The lowest BCUT2D eigenvalue weighted by Gasteiger charge is -2.22. The Morgan fingerprint density at radius 3 is 2.31 bits per heavy atom. The standard InChI is InChI=1S/C28H31N3O5/c1-18-13-22(19(2)30(18)16-20-9-7-6-8-10-20)23(32)17-31-26(33)28(3,29-27(31)34)15-21-11-12-24(35-4)25(14-21)36-5/h6-14H,15-17H2,1-5H3,(H,29,34). The Hall–Kier alpha value is -4.07. The van der Waals surface area contributed by atoms with E-state index in [0.717, 1.165) is 27.4 Å². The van der Waals surface area contributed by atoms with Crippen molar-refractivity contribution in [1.82, 2.24) is 14.8 Å². The fourth-order valence-electron chi connectivity index (χ4n) is 4.73. The number of ether oxygens (including phenoxy) is 2. The van der Waals surface area contributed by atoms with Crippen LogP contribution in [0.4, 0.5) is 4.79 Å². The molecule has 1 atom stereocenters. The van der Waals surface area contributed by atoms with Crippen molar-refractivity contribution >= 4 is 17.7 Å². The Morgan fingerprint density at radius 2 is 1.64 bits per heavy atom. The lowest BCUT2D eigenvalue weighted by Crippen LogP contribution is -2.46. The van der Waals surface area contributed by atoms with Crippen LogP contribution < -0.4 is 14.8 Å². The minimum absolute atomic E-state index is 0.244. The summed E-state index contributed by atoms with van der Waals surface area (Å²) in [5.74, 6) is 0.397. The van der Waals surface area contributed by atoms with E-state index in [1.54, 1.807) is 26.2 Å². The van der Waals surface area contributed by atoms with Gasteiger partial charge in [0.25, 0.3) is 5.91 Å². The first-order valence-corrected chi connectivity index (χ1v) is 11.8. The summed E-state index contributed by atoms with van der Waals surface area (Å²) in [6.07, 6.45) is 0.244. The average molecular weight is 490 g/mol. The summed E-state index contributed by atoms with van der Waals surface area (Å²) < 4.78 is 12.7. The summed E-state index contributed by atoms with van der Waals surface area (Å²) in [5.41, 5.74) is 3.00. The molecule has 0 spiro atoms. The highest BCUT2D eigenvalue weighted by Crippen LogP contribution is 2.31. The summed E-state index contributed by atoms with van der Waals surface area (Å²) in [6, 6.07) is 16.6. The van der Waals surface area contributed by atoms with Crippen molar-refractivity contribution in [2.75, 3.05) is 20.8 Å². The van der Waals surface area contributed by atoms with E-state index in [9.17, 15) is 14.4 Å². The minimum atomic E-state index is -1.18. The summed E-state index contributed by atoms with van der Waals surface area (Å²) >= 11 is 0. The van der Waals surface area contributed by atoms with E-state index < -0.39 is 17.5 Å². The lowest BCUT2D eigenvalue weighted by molar-refractivity contribution is -0.130. The number of hydrogen-bond acceptors (Lipinski definition) is 5. The van der Waals surface area contributed by atoms with Gasteiger partial charge in [-0.25, -0.2) is 4.79 Å². The molecule has 1 aliphatic heterocycles. The zero-order valence-electron chi connectivity index (χ0n) is 21.3. The van der Waals surface area contributed by atoms with Crippen LogP contribution in [0.25, 0.3) is 0 Å². The molecule has 0 saturated carbocycles. The van der Waals surface area contributed by atoms with Gasteiger partial charge in [-0.1, -0.05) is 36.4 Å². The van der Waals surface area contributed by atoms with Crippen molar-refractivity contribution in [3.8, 4) is 11.5 Å². The molecule has 1 saturated heterocycles. The number of methoxy groups -OCH3 is 2. The molecule has 2 aromatic carbocycles. The molecule has 36 heavy (non-hydrogen) atoms. The van der Waals surface area contributed by atoms with Gasteiger partial charge >= 0.3 is 6.03 Å². The van der Waals surface area contributed by atoms with Crippen LogP contribution in [0, 0.1) is 13.8 Å². The van der Waals surface area contributed by atoms with Crippen LogP contribution in [0.15, 0.2) is 54.6 Å². The normalized spacial score (nSPS) is 17.3. The molecule has 1 aliphatic rings. The quantitative estimate of drug-likeness (QED) is 0.364. The average Bonchev–Trinajstić information content (AvgIpc) is 3.26. The van der Waals surface area contributed by atoms with E-state index in [1.807, 2.05) is 56.3 Å². The van der Waals surface area contributed by atoms with Gasteiger partial charge in [-0.2, -0.15) is 0 Å². The van der Waals surface area contributed by atoms with Gasteiger partial charge in [0.1, 0.15) is 5.54 Å². The number of carbonyl (C=O) groups is 3. The Bertz CT molecular complexity index is 1310. The third kappa shape index (κ3) is 4.71. The molecule has 3 amide bonds. The maximum absolute atomic E-state index is 13.3. The van der Waals surface area contributed by atoms with E-state index in [1.165, 1.54) is 7.11 Å². The van der Waals surface area contributed by atoms with Crippen molar-refractivity contribution < 1.29 is 23.9 Å². The molecule has 1 aromatic heterocycles. The fourth-order valence-corrected chi connectivity index (χ4v) is 4.73. The van der Waals surface area contributed by atoms with E-state index in [0.29, 0.717) is 23.6 Å². The number of urea groups is 1. The Kier molecular flexibility index (Phi) is 6.88. The number of ketones is 1. The molecule has 1 fully saturated rings. The SMILES string of the molecule is COc1ccc(CC2(C)NC(=O)N(CC(=O)c3cc(C)n(Cc4ccccc4)c3C)C2=O)cc1OC. The molecule has 0 bridgehead atoms. The number of nitrogens with one attached hydrogen (secondary N) is 1. The van der Waals surface area contributed by atoms with Crippen LogP contribution >= 0.6 is 0 Å². The van der Waals surface area contributed by atoms with Gasteiger partial charge in [-0.05, 0) is 50.1 Å². The second kappa shape index (κ2) is 9.89. The third-order valence-corrected chi connectivity index (χ3v) is 6.71. The summed E-state index contributed by atoms with van der Waals surface area (Å²) in [6.45, 7) is 5.82.